The second kappa shape index (κ2) is 6.35. The Balaban J connectivity index is 1.74. The van der Waals surface area contributed by atoms with Crippen LogP contribution in [0, 0.1) is 19.8 Å². The molecule has 1 atom stereocenters. The van der Waals surface area contributed by atoms with Gasteiger partial charge in [0.25, 0.3) is 5.91 Å². The molecule has 6 heteroatoms. The van der Waals surface area contributed by atoms with Crippen LogP contribution in [0.3, 0.4) is 0 Å². The van der Waals surface area contributed by atoms with Gasteiger partial charge in [0.1, 0.15) is 0 Å². The zero-order valence-corrected chi connectivity index (χ0v) is 13.2. The highest BCUT2D eigenvalue weighted by molar-refractivity contribution is 7.11. The molecule has 0 spiro atoms. The van der Waals surface area contributed by atoms with Crippen molar-refractivity contribution in [1.82, 2.24) is 10.3 Å². The first-order chi connectivity index (χ1) is 9.47. The van der Waals surface area contributed by atoms with Gasteiger partial charge in [-0.3, -0.25) is 4.79 Å². The van der Waals surface area contributed by atoms with Crippen LogP contribution in [0.2, 0.25) is 0 Å². The number of aromatic nitrogens is 1. The maximum atomic E-state index is 11.9. The quantitative estimate of drug-likeness (QED) is 0.906. The molecular formula is C14H21N3O2S. The van der Waals surface area contributed by atoms with E-state index in [4.69, 9.17) is 4.84 Å². The number of carbonyl (C=O) groups excluding carboxylic acids is 1. The van der Waals surface area contributed by atoms with Crippen LogP contribution in [0.5, 0.6) is 0 Å². The first-order valence-electron chi connectivity index (χ1n) is 6.90. The Labute approximate surface area is 123 Å². The van der Waals surface area contributed by atoms with E-state index in [0.717, 1.165) is 22.8 Å². The van der Waals surface area contributed by atoms with Gasteiger partial charge in [-0.15, -0.1) is 11.3 Å². The molecule has 0 radical (unpaired) electrons. The van der Waals surface area contributed by atoms with Crippen molar-refractivity contribution in [3.05, 3.63) is 15.6 Å². The summed E-state index contributed by atoms with van der Waals surface area (Å²) in [6.45, 7) is 8.75. The van der Waals surface area contributed by atoms with E-state index in [9.17, 15) is 4.79 Å². The molecule has 0 saturated heterocycles. The third-order valence-electron chi connectivity index (χ3n) is 3.36. The number of nitrogens with one attached hydrogen (secondary N) is 1. The largest absolute Gasteiger partial charge is 0.382 e. The van der Waals surface area contributed by atoms with E-state index < -0.39 is 6.10 Å². The molecule has 1 N–H and O–H groups in total. The number of hydrogen-bond donors (Lipinski definition) is 1. The Hall–Kier alpha value is -1.43. The van der Waals surface area contributed by atoms with Crippen LogP contribution in [0.1, 0.15) is 35.8 Å². The Morgan fingerprint density at radius 3 is 2.80 bits per heavy atom. The smallest absolute Gasteiger partial charge is 0.264 e. The van der Waals surface area contributed by atoms with Crippen LogP contribution in [0.4, 0.5) is 0 Å². The normalized spacial score (nSPS) is 18.1. The van der Waals surface area contributed by atoms with Gasteiger partial charge >= 0.3 is 0 Å². The van der Waals surface area contributed by atoms with Gasteiger partial charge in [0, 0.05) is 24.3 Å². The minimum absolute atomic E-state index is 0.0885. The summed E-state index contributed by atoms with van der Waals surface area (Å²) in [7, 11) is 0. The number of carbonyl (C=O) groups is 1. The fraction of sp³-hybridized carbons (Fsp3) is 0.643. The maximum Gasteiger partial charge on any atom is 0.264 e. The second-order valence-electron chi connectivity index (χ2n) is 5.33. The summed E-state index contributed by atoms with van der Waals surface area (Å²) in [6.07, 6.45) is 0.890. The summed E-state index contributed by atoms with van der Waals surface area (Å²) in [5.74, 6) is 0.239. The minimum atomic E-state index is -0.466. The second-order valence-corrected chi connectivity index (χ2v) is 6.61. The van der Waals surface area contributed by atoms with Gasteiger partial charge in [0.05, 0.1) is 16.4 Å². The van der Waals surface area contributed by atoms with Crippen LogP contribution in [-0.2, 0) is 16.1 Å². The van der Waals surface area contributed by atoms with Gasteiger partial charge in [-0.1, -0.05) is 19.0 Å². The minimum Gasteiger partial charge on any atom is -0.382 e. The van der Waals surface area contributed by atoms with Crippen LogP contribution < -0.4 is 5.32 Å². The summed E-state index contributed by atoms with van der Waals surface area (Å²) in [5.41, 5.74) is 2.03. The van der Waals surface area contributed by atoms with Crippen molar-refractivity contribution in [2.24, 2.45) is 11.1 Å². The topological polar surface area (TPSA) is 63.6 Å². The molecule has 110 valence electrons. The van der Waals surface area contributed by atoms with E-state index in [0.29, 0.717) is 18.9 Å². The van der Waals surface area contributed by atoms with Crippen molar-refractivity contribution in [3.8, 4) is 0 Å². The molecule has 5 nitrogen and oxygen atoms in total. The molecule has 0 aromatic carbocycles. The number of oxime groups is 1. The molecular weight excluding hydrogens is 274 g/mol. The lowest BCUT2D eigenvalue weighted by Gasteiger charge is -2.09. The zero-order valence-electron chi connectivity index (χ0n) is 12.4. The molecule has 0 unspecified atom stereocenters. The van der Waals surface area contributed by atoms with Gasteiger partial charge in [-0.25, -0.2) is 4.98 Å². The lowest BCUT2D eigenvalue weighted by Crippen LogP contribution is -2.36. The maximum absolute atomic E-state index is 11.9. The molecule has 1 aromatic heterocycles. The van der Waals surface area contributed by atoms with Gasteiger partial charge in [-0.05, 0) is 19.8 Å². The Bertz CT molecular complexity index is 503. The number of hydrogen-bond acceptors (Lipinski definition) is 5. The molecule has 1 amide bonds. The number of nitrogens with zero attached hydrogens (tertiary/aromatic N) is 2. The van der Waals surface area contributed by atoms with E-state index in [2.05, 4.69) is 36.2 Å². The van der Waals surface area contributed by atoms with Crippen LogP contribution in [-0.4, -0.2) is 29.3 Å². The van der Waals surface area contributed by atoms with Crippen molar-refractivity contribution in [2.75, 3.05) is 6.54 Å². The molecule has 1 aromatic rings. The molecule has 2 rings (SSSR count). The fourth-order valence-corrected chi connectivity index (χ4v) is 2.86. The first kappa shape index (κ1) is 15.0. The third-order valence-corrected chi connectivity index (χ3v) is 4.49. The molecule has 0 bridgehead atoms. The fourth-order valence-electron chi connectivity index (χ4n) is 1.93. The monoisotopic (exact) mass is 295 g/mol. The average molecular weight is 295 g/mol. The van der Waals surface area contributed by atoms with E-state index in [-0.39, 0.29) is 5.91 Å². The molecule has 1 aliphatic heterocycles. The Morgan fingerprint density at radius 2 is 2.25 bits per heavy atom. The summed E-state index contributed by atoms with van der Waals surface area (Å²) < 4.78 is 0. The van der Waals surface area contributed by atoms with E-state index in [1.165, 1.54) is 4.88 Å². The van der Waals surface area contributed by atoms with Crippen LogP contribution in [0.25, 0.3) is 0 Å². The van der Waals surface area contributed by atoms with Gasteiger partial charge in [0.15, 0.2) is 0 Å². The van der Waals surface area contributed by atoms with Gasteiger partial charge in [0.2, 0.25) is 6.10 Å². The lowest BCUT2D eigenvalue weighted by molar-refractivity contribution is -0.131. The highest BCUT2D eigenvalue weighted by Crippen LogP contribution is 2.17. The molecule has 0 fully saturated rings. The molecule has 0 aliphatic carbocycles. The Morgan fingerprint density at radius 1 is 1.50 bits per heavy atom. The number of thiazole rings is 1. The molecule has 20 heavy (non-hydrogen) atoms. The standard InChI is InChI=1S/C14H21N3O2S/c1-8(2)11-7-12(19-17-11)14(18)15-6-5-13-16-9(3)10(4)20-13/h8,12H,5-7H2,1-4H3,(H,15,18)/t12-/m0/s1. The predicted molar refractivity (Wildman–Crippen MR) is 80.1 cm³/mol. The first-order valence-corrected chi connectivity index (χ1v) is 7.72. The van der Waals surface area contributed by atoms with Gasteiger partial charge in [-0.2, -0.15) is 0 Å². The zero-order chi connectivity index (χ0) is 14.7. The number of rotatable bonds is 5. The van der Waals surface area contributed by atoms with Crippen LogP contribution >= 0.6 is 11.3 Å². The average Bonchev–Trinajstić information content (AvgIpc) is 2.97. The highest BCUT2D eigenvalue weighted by atomic mass is 32.1. The molecule has 2 heterocycles. The van der Waals surface area contributed by atoms with Gasteiger partial charge < -0.3 is 10.2 Å². The SMILES string of the molecule is Cc1nc(CCNC(=O)[C@@H]2CC(C(C)C)=NO2)sc1C. The summed E-state index contributed by atoms with van der Waals surface area (Å²) in [4.78, 5) is 22.8. The van der Waals surface area contributed by atoms with Crippen molar-refractivity contribution in [1.29, 1.82) is 0 Å². The van der Waals surface area contributed by atoms with Crippen LogP contribution in [0.15, 0.2) is 5.16 Å². The number of amides is 1. The lowest BCUT2D eigenvalue weighted by atomic mass is 10.0. The molecule has 0 saturated carbocycles. The Kier molecular flexibility index (Phi) is 4.75. The van der Waals surface area contributed by atoms with Crippen molar-refractivity contribution in [3.63, 3.8) is 0 Å². The predicted octanol–water partition coefficient (Wildman–Crippen LogP) is 2.22. The summed E-state index contributed by atoms with van der Waals surface area (Å²) in [6, 6.07) is 0. The summed E-state index contributed by atoms with van der Waals surface area (Å²) in [5, 5.41) is 7.92. The summed E-state index contributed by atoms with van der Waals surface area (Å²) >= 11 is 1.69. The number of aryl methyl sites for hydroxylation is 2. The third kappa shape index (κ3) is 3.56. The van der Waals surface area contributed by atoms with Crippen molar-refractivity contribution >= 4 is 23.0 Å². The van der Waals surface area contributed by atoms with E-state index in [1.807, 2.05) is 6.92 Å². The van der Waals surface area contributed by atoms with Crippen molar-refractivity contribution < 1.29 is 9.63 Å². The van der Waals surface area contributed by atoms with Crippen molar-refractivity contribution in [2.45, 2.75) is 46.6 Å². The van der Waals surface area contributed by atoms with E-state index >= 15 is 0 Å². The highest BCUT2D eigenvalue weighted by Gasteiger charge is 2.28. The molecule has 1 aliphatic rings. The van der Waals surface area contributed by atoms with E-state index in [1.54, 1.807) is 11.3 Å².